The molecule has 338 valence electrons. The topological polar surface area (TPSA) is 46.9 Å². The van der Waals surface area contributed by atoms with Crippen LogP contribution in [0.2, 0.25) is 0 Å². The van der Waals surface area contributed by atoms with Crippen LogP contribution >= 0.6 is 0 Å². The summed E-state index contributed by atoms with van der Waals surface area (Å²) in [4.78, 5) is 34.2. The number of carbonyl (C=O) groups excluding carboxylic acids is 2. The molecule has 5 aliphatic rings. The van der Waals surface area contributed by atoms with Crippen molar-refractivity contribution in [3.05, 3.63) is 163 Å². The van der Waals surface area contributed by atoms with E-state index in [1.54, 1.807) is 10.9 Å². The molecule has 5 aromatic carbocycles. The van der Waals surface area contributed by atoms with Crippen LogP contribution in [-0.4, -0.2) is 55.4 Å². The van der Waals surface area contributed by atoms with Gasteiger partial charge in [0.1, 0.15) is 18.9 Å². The number of ketones is 1. The first-order chi connectivity index (χ1) is 31.8. The van der Waals surface area contributed by atoms with Crippen LogP contribution in [0.4, 0.5) is 11.4 Å². The van der Waals surface area contributed by atoms with E-state index in [0.717, 1.165) is 80.8 Å². The molecule has 1 aliphatic carbocycles. The summed E-state index contributed by atoms with van der Waals surface area (Å²) < 4.78 is 2.70. The van der Waals surface area contributed by atoms with Gasteiger partial charge in [-0.2, -0.15) is 0 Å². The number of amides is 1. The molecule has 0 fully saturated rings. The molecule has 6 nitrogen and oxygen atoms in total. The Hall–Kier alpha value is -5.77. The first-order valence-electron chi connectivity index (χ1n) is 24.9. The highest BCUT2D eigenvalue weighted by molar-refractivity contribution is 5.97. The highest BCUT2D eigenvalue weighted by Crippen LogP contribution is 2.50. The fourth-order valence-corrected chi connectivity index (χ4v) is 12.7. The second kappa shape index (κ2) is 17.5. The number of anilines is 2. The van der Waals surface area contributed by atoms with Crippen LogP contribution in [0, 0.1) is 11.8 Å². The van der Waals surface area contributed by atoms with Crippen molar-refractivity contribution in [1.82, 2.24) is 9.48 Å². The average molecular weight is 876 g/mol. The van der Waals surface area contributed by atoms with Crippen LogP contribution in [0.1, 0.15) is 154 Å². The molecule has 0 bridgehead atoms. The van der Waals surface area contributed by atoms with Crippen LogP contribution in [0.3, 0.4) is 0 Å². The molecule has 66 heavy (non-hydrogen) atoms. The van der Waals surface area contributed by atoms with Gasteiger partial charge in [-0.15, -0.1) is 0 Å². The van der Waals surface area contributed by atoms with Crippen molar-refractivity contribution < 1.29 is 9.59 Å². The molecule has 1 unspecified atom stereocenters. The molecule has 0 saturated heterocycles. The largest absolute Gasteiger partial charge is 0.366 e. The summed E-state index contributed by atoms with van der Waals surface area (Å²) in [6.45, 7) is 20.0. The molecule has 4 aliphatic heterocycles. The molecule has 1 atom stereocenters. The SMILES string of the molecule is CCN1c2cc3c(cc2C(C)CC1(C)C)C(c1ccccc1CN(C)CCCC(=O)CCC(=O)N1Cc2ccccc2C#Cc2ccccc21)=c1cc2c4c(c1C3(C)C)CCC[N+]=4CCC2. The van der Waals surface area contributed by atoms with Gasteiger partial charge in [0.05, 0.1) is 12.2 Å². The zero-order valence-electron chi connectivity index (χ0n) is 40.4. The second-order valence-electron chi connectivity index (χ2n) is 21.0. The Balaban J connectivity index is 0.925. The predicted molar refractivity (Wildman–Crippen MR) is 270 cm³/mol. The van der Waals surface area contributed by atoms with E-state index in [2.05, 4.69) is 117 Å². The van der Waals surface area contributed by atoms with Crippen LogP contribution < -0.4 is 25.0 Å². The number of fused-ring (bicyclic) bond motifs is 6. The lowest BCUT2D eigenvalue weighted by molar-refractivity contribution is -0.124. The van der Waals surface area contributed by atoms with Crippen molar-refractivity contribution in [3.8, 4) is 11.8 Å². The Bertz CT molecular complexity index is 2980. The summed E-state index contributed by atoms with van der Waals surface area (Å²) in [6.07, 6.45) is 7.46. The Morgan fingerprint density at radius 1 is 0.803 bits per heavy atom. The number of hydrogen-bond acceptors (Lipinski definition) is 4. The summed E-state index contributed by atoms with van der Waals surface area (Å²) in [7, 11) is 2.19. The van der Waals surface area contributed by atoms with E-state index in [9.17, 15) is 9.59 Å². The first kappa shape index (κ1) is 44.1. The van der Waals surface area contributed by atoms with Crippen LogP contribution in [-0.2, 0) is 40.9 Å². The summed E-state index contributed by atoms with van der Waals surface area (Å²) in [5, 5.41) is 2.98. The summed E-state index contributed by atoms with van der Waals surface area (Å²) in [5.74, 6) is 7.12. The third-order valence-electron chi connectivity index (χ3n) is 15.7. The number of hydrogen-bond donors (Lipinski definition) is 0. The summed E-state index contributed by atoms with van der Waals surface area (Å²) in [6, 6.07) is 32.8. The van der Waals surface area contributed by atoms with E-state index in [-0.39, 0.29) is 35.5 Å². The summed E-state index contributed by atoms with van der Waals surface area (Å²) >= 11 is 0. The molecule has 5 aromatic rings. The van der Waals surface area contributed by atoms with E-state index in [1.807, 2.05) is 53.4 Å². The van der Waals surface area contributed by atoms with Crippen molar-refractivity contribution in [1.29, 1.82) is 0 Å². The Morgan fingerprint density at radius 3 is 2.35 bits per heavy atom. The Morgan fingerprint density at radius 2 is 1.53 bits per heavy atom. The molecular weight excluding hydrogens is 809 g/mol. The standard InChI is InChI=1S/C60H67N4O2/c1-8-64-54-36-52-50(35-49(54)40(2)37-59(64,3)4)56(51-34-43-22-15-32-62-33-17-25-48(58(43)62)57(51)60(52,5)6)47-24-13-11-21-45(47)38-61(7)31-16-23-46(65)29-30-55(66)63-39-44-20-10-9-18-41(44)27-28-42-19-12-14-26-53(42)63/h9-14,18-21,24,26,34-36,40H,8,15-17,22-23,25,29-33,37-39H2,1-7H3/q+1. The van der Waals surface area contributed by atoms with Crippen LogP contribution in [0.15, 0.2) is 91.0 Å². The van der Waals surface area contributed by atoms with Crippen LogP contribution in [0.25, 0.3) is 5.57 Å². The van der Waals surface area contributed by atoms with Crippen molar-refractivity contribution in [3.63, 3.8) is 0 Å². The minimum atomic E-state index is -0.168. The zero-order chi connectivity index (χ0) is 45.9. The van der Waals surface area contributed by atoms with Gasteiger partial charge in [0.25, 0.3) is 0 Å². The highest BCUT2D eigenvalue weighted by atomic mass is 16.2. The molecule has 0 radical (unpaired) electrons. The Kier molecular flexibility index (Phi) is 11.7. The predicted octanol–water partition coefficient (Wildman–Crippen LogP) is 9.58. The number of para-hydroxylation sites is 1. The van der Waals surface area contributed by atoms with E-state index in [4.69, 9.17) is 0 Å². The fraction of sp³-hybridized carbons (Fsp3) is 0.417. The highest BCUT2D eigenvalue weighted by Gasteiger charge is 2.42. The third kappa shape index (κ3) is 7.81. The molecular formula is C60H67N4O2+. The van der Waals surface area contributed by atoms with Gasteiger partial charge in [-0.1, -0.05) is 87.2 Å². The van der Waals surface area contributed by atoms with Gasteiger partial charge in [-0.3, -0.25) is 9.59 Å². The molecule has 0 saturated carbocycles. The minimum absolute atomic E-state index is 0.0432. The van der Waals surface area contributed by atoms with Crippen LogP contribution in [0.5, 0.6) is 0 Å². The second-order valence-corrected chi connectivity index (χ2v) is 21.0. The minimum Gasteiger partial charge on any atom is -0.366 e. The molecule has 4 heterocycles. The first-order valence-corrected chi connectivity index (χ1v) is 24.9. The molecule has 6 heteroatoms. The average Bonchev–Trinajstić information content (AvgIpc) is 3.29. The third-order valence-corrected chi connectivity index (χ3v) is 15.7. The van der Waals surface area contributed by atoms with Gasteiger partial charge < -0.3 is 14.7 Å². The number of rotatable bonds is 11. The van der Waals surface area contributed by atoms with Gasteiger partial charge in [0.2, 0.25) is 11.3 Å². The number of Topliss-reactive ketones (excluding diaryl/α,β-unsaturated/α-hetero) is 1. The lowest BCUT2D eigenvalue weighted by Crippen LogP contribution is -2.50. The summed E-state index contributed by atoms with van der Waals surface area (Å²) in [5.41, 5.74) is 17.9. The van der Waals surface area contributed by atoms with E-state index < -0.39 is 0 Å². The van der Waals surface area contributed by atoms with E-state index in [1.165, 1.54) is 68.3 Å². The molecule has 0 N–H and O–H groups in total. The quantitative estimate of drug-likeness (QED) is 0.0981. The lowest BCUT2D eigenvalue weighted by Gasteiger charge is -2.48. The maximum Gasteiger partial charge on any atom is 0.227 e. The fourth-order valence-electron chi connectivity index (χ4n) is 12.7. The van der Waals surface area contributed by atoms with Crippen molar-refractivity contribution >= 4 is 28.6 Å². The maximum absolute atomic E-state index is 13.9. The van der Waals surface area contributed by atoms with Gasteiger partial charge in [0, 0.05) is 84.1 Å². The molecule has 0 aromatic heterocycles. The smallest absolute Gasteiger partial charge is 0.227 e. The number of nitrogens with zero attached hydrogens (tertiary/aromatic N) is 4. The number of benzene rings is 5. The van der Waals surface area contributed by atoms with Gasteiger partial charge in [-0.05, 0) is 152 Å². The monoisotopic (exact) mass is 876 g/mol. The maximum atomic E-state index is 13.9. The Labute approximate surface area is 393 Å². The van der Waals surface area contributed by atoms with Crippen molar-refractivity contribution in [2.75, 3.05) is 43.0 Å². The van der Waals surface area contributed by atoms with Gasteiger partial charge in [0.15, 0.2) is 0 Å². The van der Waals surface area contributed by atoms with Gasteiger partial charge >= 0.3 is 0 Å². The van der Waals surface area contributed by atoms with E-state index >= 15 is 0 Å². The van der Waals surface area contributed by atoms with Crippen molar-refractivity contribution in [2.24, 2.45) is 0 Å². The normalized spacial score (nSPS) is 18.4. The van der Waals surface area contributed by atoms with Crippen molar-refractivity contribution in [2.45, 2.75) is 129 Å². The van der Waals surface area contributed by atoms with E-state index in [0.29, 0.717) is 18.9 Å². The molecule has 0 spiro atoms. The number of aryl methyl sites for hydroxylation is 1. The molecule has 10 rings (SSSR count). The number of carbonyl (C=O) groups is 2. The van der Waals surface area contributed by atoms with Gasteiger partial charge in [-0.25, -0.2) is 4.58 Å². The lowest BCUT2D eigenvalue weighted by atomic mass is 9.64. The zero-order valence-corrected chi connectivity index (χ0v) is 40.4. The molecule has 1 amide bonds.